The molecule has 1 N–H and O–H groups in total. The van der Waals surface area contributed by atoms with Gasteiger partial charge >= 0.3 is 0 Å². The van der Waals surface area contributed by atoms with Gasteiger partial charge in [0.25, 0.3) is 0 Å². The molecule has 1 aliphatic rings. The van der Waals surface area contributed by atoms with Gasteiger partial charge in [0.05, 0.1) is 19.8 Å². The minimum Gasteiger partial charge on any atom is -0.493 e. The molecular weight excluding hydrogens is 352 g/mol. The van der Waals surface area contributed by atoms with Gasteiger partial charge in [0, 0.05) is 23.6 Å². The van der Waals surface area contributed by atoms with E-state index >= 15 is 0 Å². The van der Waals surface area contributed by atoms with Crippen molar-refractivity contribution in [1.82, 2.24) is 9.88 Å². The molecule has 1 aliphatic heterocycles. The van der Waals surface area contributed by atoms with Crippen LogP contribution in [0.2, 0.25) is 0 Å². The van der Waals surface area contributed by atoms with Gasteiger partial charge in [-0.05, 0) is 67.6 Å². The smallest absolute Gasteiger partial charge is 0.210 e. The minimum absolute atomic E-state index is 0.0223. The average Bonchev–Trinajstić information content (AvgIpc) is 3.10. The summed E-state index contributed by atoms with van der Waals surface area (Å²) in [6.45, 7) is 5.34. The maximum absolute atomic E-state index is 11.8. The Kier molecular flexibility index (Phi) is 4.99. The summed E-state index contributed by atoms with van der Waals surface area (Å²) >= 11 is 0. The van der Waals surface area contributed by atoms with E-state index < -0.39 is 0 Å². The SMILES string of the molecule is CCOc1cc2c(cc1OC)CCN(C=O)[C@@H]2Cc1c[nH]c2ccc(C)cc12. The molecule has 0 aliphatic carbocycles. The highest BCUT2D eigenvalue weighted by atomic mass is 16.5. The van der Waals surface area contributed by atoms with Crippen LogP contribution in [0.3, 0.4) is 0 Å². The Hall–Kier alpha value is -2.95. The molecule has 5 nitrogen and oxygen atoms in total. The van der Waals surface area contributed by atoms with Gasteiger partial charge in [0.15, 0.2) is 11.5 Å². The van der Waals surface area contributed by atoms with E-state index in [-0.39, 0.29) is 6.04 Å². The number of aryl methyl sites for hydroxylation is 1. The molecule has 28 heavy (non-hydrogen) atoms. The quantitative estimate of drug-likeness (QED) is 0.655. The van der Waals surface area contributed by atoms with Gasteiger partial charge in [-0.15, -0.1) is 0 Å². The molecule has 0 fully saturated rings. The van der Waals surface area contributed by atoms with Crippen molar-refractivity contribution in [3.8, 4) is 11.5 Å². The number of hydrogen-bond acceptors (Lipinski definition) is 3. The Morgan fingerprint density at radius 3 is 2.86 bits per heavy atom. The number of aromatic amines is 1. The summed E-state index contributed by atoms with van der Waals surface area (Å²) in [6, 6.07) is 10.5. The standard InChI is InChI=1S/C23H26N2O3/c1-4-28-23-12-19-16(11-22(23)27-3)7-8-25(14-26)21(19)10-17-13-24-20-6-5-15(2)9-18(17)20/h5-6,9,11-14,21,24H,4,7-8,10H2,1-3H3/t21-/m1/s1. The number of carbonyl (C=O) groups excluding carboxylic acids is 1. The van der Waals surface area contributed by atoms with Gasteiger partial charge in [-0.3, -0.25) is 4.79 Å². The minimum atomic E-state index is -0.0223. The molecule has 1 aromatic heterocycles. The van der Waals surface area contributed by atoms with Crippen LogP contribution >= 0.6 is 0 Å². The van der Waals surface area contributed by atoms with Crippen molar-refractivity contribution in [3.05, 3.63) is 58.8 Å². The van der Waals surface area contributed by atoms with Crippen molar-refractivity contribution < 1.29 is 14.3 Å². The summed E-state index contributed by atoms with van der Waals surface area (Å²) < 4.78 is 11.3. The van der Waals surface area contributed by atoms with Gasteiger partial charge in [-0.2, -0.15) is 0 Å². The van der Waals surface area contributed by atoms with Crippen LogP contribution < -0.4 is 9.47 Å². The number of aromatic nitrogens is 1. The highest BCUT2D eigenvalue weighted by Gasteiger charge is 2.29. The van der Waals surface area contributed by atoms with Crippen molar-refractivity contribution in [3.63, 3.8) is 0 Å². The molecule has 2 aromatic carbocycles. The predicted octanol–water partition coefficient (Wildman–Crippen LogP) is 4.18. The number of ether oxygens (including phenoxy) is 2. The number of methoxy groups -OCH3 is 1. The first-order chi connectivity index (χ1) is 13.6. The van der Waals surface area contributed by atoms with Crippen LogP contribution in [0.4, 0.5) is 0 Å². The van der Waals surface area contributed by atoms with E-state index in [9.17, 15) is 4.79 Å². The lowest BCUT2D eigenvalue weighted by Gasteiger charge is -2.35. The zero-order valence-electron chi connectivity index (χ0n) is 16.6. The summed E-state index contributed by atoms with van der Waals surface area (Å²) in [4.78, 5) is 17.1. The van der Waals surface area contributed by atoms with Crippen LogP contribution in [0.15, 0.2) is 36.5 Å². The molecule has 0 saturated carbocycles. The molecule has 4 rings (SSSR count). The Bertz CT molecular complexity index is 1010. The van der Waals surface area contributed by atoms with Crippen LogP contribution in [-0.4, -0.2) is 36.6 Å². The molecule has 2 heterocycles. The second kappa shape index (κ2) is 7.58. The van der Waals surface area contributed by atoms with E-state index in [0.29, 0.717) is 13.2 Å². The predicted molar refractivity (Wildman–Crippen MR) is 110 cm³/mol. The van der Waals surface area contributed by atoms with Gasteiger partial charge in [0.1, 0.15) is 0 Å². The lowest BCUT2D eigenvalue weighted by atomic mass is 9.88. The van der Waals surface area contributed by atoms with E-state index in [1.54, 1.807) is 7.11 Å². The topological polar surface area (TPSA) is 54.6 Å². The Balaban J connectivity index is 1.77. The fourth-order valence-corrected chi connectivity index (χ4v) is 4.18. The third-order valence-corrected chi connectivity index (χ3v) is 5.60. The van der Waals surface area contributed by atoms with Crippen molar-refractivity contribution >= 4 is 17.3 Å². The first kappa shape index (κ1) is 18.4. The number of rotatable bonds is 6. The second-order valence-corrected chi connectivity index (χ2v) is 7.31. The molecule has 3 aromatic rings. The van der Waals surface area contributed by atoms with Crippen molar-refractivity contribution in [1.29, 1.82) is 0 Å². The van der Waals surface area contributed by atoms with E-state index in [0.717, 1.165) is 41.8 Å². The Labute approximate surface area is 165 Å². The number of nitrogens with one attached hydrogen (secondary N) is 1. The summed E-state index contributed by atoms with van der Waals surface area (Å²) in [5.41, 5.74) is 5.94. The summed E-state index contributed by atoms with van der Waals surface area (Å²) in [5, 5.41) is 1.22. The van der Waals surface area contributed by atoms with E-state index in [2.05, 4.69) is 48.4 Å². The number of nitrogens with zero attached hydrogens (tertiary/aromatic N) is 1. The van der Waals surface area contributed by atoms with E-state index in [1.165, 1.54) is 22.1 Å². The van der Waals surface area contributed by atoms with Crippen LogP contribution in [-0.2, 0) is 17.6 Å². The molecule has 1 atom stereocenters. The molecule has 0 bridgehead atoms. The zero-order valence-corrected chi connectivity index (χ0v) is 16.6. The van der Waals surface area contributed by atoms with Crippen molar-refractivity contribution in [2.45, 2.75) is 32.7 Å². The third-order valence-electron chi connectivity index (χ3n) is 5.60. The molecule has 5 heteroatoms. The lowest BCUT2D eigenvalue weighted by molar-refractivity contribution is -0.120. The molecule has 1 amide bonds. The van der Waals surface area contributed by atoms with E-state index in [1.807, 2.05) is 11.8 Å². The largest absolute Gasteiger partial charge is 0.493 e. The van der Waals surface area contributed by atoms with Crippen molar-refractivity contribution in [2.75, 3.05) is 20.3 Å². The highest BCUT2D eigenvalue weighted by Crippen LogP contribution is 2.39. The molecular formula is C23H26N2O3. The van der Waals surface area contributed by atoms with Gasteiger partial charge in [-0.1, -0.05) is 11.6 Å². The van der Waals surface area contributed by atoms with E-state index in [4.69, 9.17) is 9.47 Å². The maximum atomic E-state index is 11.8. The Morgan fingerprint density at radius 2 is 2.11 bits per heavy atom. The third kappa shape index (κ3) is 3.21. The summed E-state index contributed by atoms with van der Waals surface area (Å²) in [6.07, 6.45) is 4.61. The van der Waals surface area contributed by atoms with Crippen LogP contribution in [0.1, 0.15) is 35.2 Å². The number of benzene rings is 2. The number of amides is 1. The number of H-pyrrole nitrogens is 1. The fraction of sp³-hybridized carbons (Fsp3) is 0.348. The Morgan fingerprint density at radius 1 is 1.25 bits per heavy atom. The average molecular weight is 378 g/mol. The first-order valence-electron chi connectivity index (χ1n) is 9.75. The highest BCUT2D eigenvalue weighted by molar-refractivity contribution is 5.84. The summed E-state index contributed by atoms with van der Waals surface area (Å²) in [5.74, 6) is 1.48. The normalized spacial score (nSPS) is 16.1. The number of hydrogen-bond donors (Lipinski definition) is 1. The number of carbonyl (C=O) groups is 1. The maximum Gasteiger partial charge on any atom is 0.210 e. The van der Waals surface area contributed by atoms with Gasteiger partial charge in [0.2, 0.25) is 6.41 Å². The zero-order chi connectivity index (χ0) is 19.7. The molecule has 146 valence electrons. The number of fused-ring (bicyclic) bond motifs is 2. The summed E-state index contributed by atoms with van der Waals surface area (Å²) in [7, 11) is 1.66. The molecule has 0 radical (unpaired) electrons. The van der Waals surface area contributed by atoms with Gasteiger partial charge < -0.3 is 19.4 Å². The molecule has 0 spiro atoms. The van der Waals surface area contributed by atoms with Crippen LogP contribution in [0.5, 0.6) is 11.5 Å². The van der Waals surface area contributed by atoms with Crippen molar-refractivity contribution in [2.24, 2.45) is 0 Å². The van der Waals surface area contributed by atoms with Gasteiger partial charge in [-0.25, -0.2) is 0 Å². The first-order valence-corrected chi connectivity index (χ1v) is 9.75. The monoisotopic (exact) mass is 378 g/mol. The molecule has 0 unspecified atom stereocenters. The lowest BCUT2D eigenvalue weighted by Crippen LogP contribution is -2.35. The molecule has 0 saturated heterocycles. The van der Waals surface area contributed by atoms with Crippen LogP contribution in [0, 0.1) is 6.92 Å². The van der Waals surface area contributed by atoms with Crippen LogP contribution in [0.25, 0.3) is 10.9 Å². The second-order valence-electron chi connectivity index (χ2n) is 7.31. The fourth-order valence-electron chi connectivity index (χ4n) is 4.18.